The van der Waals surface area contributed by atoms with E-state index in [2.05, 4.69) is 66.0 Å². The summed E-state index contributed by atoms with van der Waals surface area (Å²) in [5.41, 5.74) is 12.6. The van der Waals surface area contributed by atoms with Gasteiger partial charge in [0.1, 0.15) is 0 Å². The van der Waals surface area contributed by atoms with Gasteiger partial charge in [-0.2, -0.15) is 0 Å². The molecule has 5 aliphatic rings. The highest BCUT2D eigenvalue weighted by molar-refractivity contribution is 6.34. The molecule has 8 bridgehead atoms. The zero-order valence-corrected chi connectivity index (χ0v) is 23.1. The number of fused-ring (bicyclic) bond motifs is 4. The van der Waals surface area contributed by atoms with Gasteiger partial charge in [-0.05, 0) is 77.9 Å². The Labute approximate surface area is 249 Å². The average Bonchev–Trinajstić information content (AvgIpc) is 3.88. The molecule has 1 N–H and O–H groups in total. The highest BCUT2D eigenvalue weighted by Gasteiger charge is 2.24. The van der Waals surface area contributed by atoms with Crippen molar-refractivity contribution in [3.05, 3.63) is 185 Å². The molecule has 5 heterocycles. The van der Waals surface area contributed by atoms with Crippen molar-refractivity contribution in [2.75, 3.05) is 5.32 Å². The fourth-order valence-corrected chi connectivity index (χ4v) is 5.62. The number of hydrogen-bond acceptors (Lipinski definition) is 5. The summed E-state index contributed by atoms with van der Waals surface area (Å²) in [6, 6.07) is 30.8. The largest absolute Gasteiger partial charge is 0.352 e. The average molecular weight is 552 g/mol. The third kappa shape index (κ3) is 4.73. The van der Waals surface area contributed by atoms with Crippen LogP contribution in [0.4, 0.5) is 5.69 Å². The normalized spacial score (nSPS) is 18.3. The topological polar surface area (TPSA) is 61.5 Å². The number of rotatable bonds is 4. The molecule has 0 aromatic heterocycles. The van der Waals surface area contributed by atoms with Gasteiger partial charge >= 0.3 is 0 Å². The number of para-hydroxylation sites is 1. The Balaban J connectivity index is 1.39. The van der Waals surface area contributed by atoms with Gasteiger partial charge in [0.25, 0.3) is 0 Å². The number of benzene rings is 3. The van der Waals surface area contributed by atoms with Gasteiger partial charge in [-0.15, -0.1) is 0 Å². The van der Waals surface area contributed by atoms with Gasteiger partial charge in [-0.3, -0.25) is 0 Å². The third-order valence-electron chi connectivity index (χ3n) is 7.60. The molecule has 0 spiro atoms. The minimum absolute atomic E-state index is 0.803. The van der Waals surface area contributed by atoms with Crippen LogP contribution in [0.15, 0.2) is 194 Å². The first-order chi connectivity index (χ1) is 21.3. The number of allylic oxidation sites excluding steroid dienone is 11. The number of aliphatic imine (C=N–C) groups is 4. The second kappa shape index (κ2) is 10.5. The summed E-state index contributed by atoms with van der Waals surface area (Å²) in [5, 5.41) is 3.62. The van der Waals surface area contributed by atoms with Gasteiger partial charge in [0.05, 0.1) is 51.3 Å². The van der Waals surface area contributed by atoms with Crippen LogP contribution in [0, 0.1) is 0 Å². The minimum atomic E-state index is 0.803. The summed E-state index contributed by atoms with van der Waals surface area (Å²) < 4.78 is 0. The maximum absolute atomic E-state index is 5.19. The number of hydrogen-bond donors (Lipinski definition) is 1. The molecule has 43 heavy (non-hydrogen) atoms. The molecule has 0 fully saturated rings. The van der Waals surface area contributed by atoms with Crippen molar-refractivity contribution >= 4 is 39.7 Å². The number of nitrogens with zero attached hydrogens (tertiary/aromatic N) is 4. The fourth-order valence-electron chi connectivity index (χ4n) is 5.62. The van der Waals surface area contributed by atoms with Gasteiger partial charge < -0.3 is 5.32 Å². The summed E-state index contributed by atoms with van der Waals surface area (Å²) in [6.45, 7) is 0. The highest BCUT2D eigenvalue weighted by atomic mass is 15.0. The summed E-state index contributed by atoms with van der Waals surface area (Å²) >= 11 is 0. The monoisotopic (exact) mass is 551 g/mol. The molecule has 0 saturated carbocycles. The van der Waals surface area contributed by atoms with Crippen molar-refractivity contribution in [1.82, 2.24) is 0 Å². The molecule has 0 amide bonds. The van der Waals surface area contributed by atoms with E-state index >= 15 is 0 Å². The van der Waals surface area contributed by atoms with Crippen molar-refractivity contribution in [1.29, 1.82) is 0 Å². The van der Waals surface area contributed by atoms with E-state index in [9.17, 15) is 0 Å². The zero-order valence-electron chi connectivity index (χ0n) is 23.1. The molecule has 8 rings (SSSR count). The molecular formula is C38H25N5. The van der Waals surface area contributed by atoms with Crippen LogP contribution in [-0.4, -0.2) is 22.8 Å². The van der Waals surface area contributed by atoms with Crippen LogP contribution < -0.4 is 5.32 Å². The van der Waals surface area contributed by atoms with Crippen molar-refractivity contribution in [3.8, 4) is 0 Å². The summed E-state index contributed by atoms with van der Waals surface area (Å²) in [7, 11) is 0. The van der Waals surface area contributed by atoms with Gasteiger partial charge in [0, 0.05) is 16.8 Å². The maximum Gasteiger partial charge on any atom is 0.0906 e. The van der Waals surface area contributed by atoms with Crippen LogP contribution in [0.1, 0.15) is 11.1 Å². The van der Waals surface area contributed by atoms with Crippen LogP contribution in [0.3, 0.4) is 0 Å². The molecule has 0 radical (unpaired) electrons. The summed E-state index contributed by atoms with van der Waals surface area (Å²) in [6.07, 6.45) is 18.5. The van der Waals surface area contributed by atoms with Crippen LogP contribution in [0.5, 0.6) is 0 Å². The highest BCUT2D eigenvalue weighted by Crippen LogP contribution is 2.34. The first-order valence-electron chi connectivity index (χ1n) is 14.2. The Morgan fingerprint density at radius 3 is 1.67 bits per heavy atom. The molecule has 0 unspecified atom stereocenters. The van der Waals surface area contributed by atoms with Crippen LogP contribution >= 0.6 is 0 Å². The lowest BCUT2D eigenvalue weighted by Gasteiger charge is -2.13. The van der Waals surface area contributed by atoms with E-state index in [1.54, 1.807) is 0 Å². The van der Waals surface area contributed by atoms with E-state index in [4.69, 9.17) is 20.0 Å². The smallest absolute Gasteiger partial charge is 0.0906 e. The molecule has 5 aliphatic heterocycles. The van der Waals surface area contributed by atoms with E-state index in [0.29, 0.717) is 0 Å². The lowest BCUT2D eigenvalue weighted by atomic mass is 9.99. The molecular weight excluding hydrogens is 526 g/mol. The predicted octanol–water partition coefficient (Wildman–Crippen LogP) is 8.07. The van der Waals surface area contributed by atoms with E-state index in [0.717, 1.165) is 79.3 Å². The van der Waals surface area contributed by atoms with Crippen molar-refractivity contribution in [2.45, 2.75) is 0 Å². The standard InChI is InChI=1S/C38H25N5/c1-4-10-25(11-5-1)36-30-18-16-28(39-30)24-29-17-19-31(40-29)37(26-12-6-2-7-13-26)33-21-23-35(43-33)38(34-22-20-32(36)42-34)41-27-14-8-3-9-15-27/h1-24,41H. The summed E-state index contributed by atoms with van der Waals surface area (Å²) in [4.78, 5) is 20.4. The van der Waals surface area contributed by atoms with Crippen molar-refractivity contribution in [2.24, 2.45) is 20.0 Å². The fraction of sp³-hybridized carbons (Fsp3) is 0. The molecule has 202 valence electrons. The van der Waals surface area contributed by atoms with E-state index in [1.165, 1.54) is 0 Å². The molecule has 5 nitrogen and oxygen atoms in total. The molecule has 5 heteroatoms. The number of anilines is 1. The quantitative estimate of drug-likeness (QED) is 0.350. The summed E-state index contributed by atoms with van der Waals surface area (Å²) in [5.74, 6) is 0. The van der Waals surface area contributed by atoms with E-state index in [1.807, 2.05) is 85.0 Å². The second-order valence-electron chi connectivity index (χ2n) is 10.4. The Bertz CT molecular complexity index is 2000. The first kappa shape index (κ1) is 24.8. The Morgan fingerprint density at radius 2 is 0.953 bits per heavy atom. The van der Waals surface area contributed by atoms with E-state index < -0.39 is 0 Å². The molecule has 0 aliphatic carbocycles. The predicted molar refractivity (Wildman–Crippen MR) is 178 cm³/mol. The minimum Gasteiger partial charge on any atom is -0.352 e. The van der Waals surface area contributed by atoms with Gasteiger partial charge in [-0.25, -0.2) is 20.0 Å². The Hall–Kier alpha value is -5.94. The van der Waals surface area contributed by atoms with Gasteiger partial charge in [0.2, 0.25) is 0 Å². The first-order valence-corrected chi connectivity index (χ1v) is 14.2. The van der Waals surface area contributed by atoms with Crippen LogP contribution in [0.2, 0.25) is 0 Å². The molecule has 3 aromatic rings. The Kier molecular flexibility index (Phi) is 6.05. The van der Waals surface area contributed by atoms with Crippen molar-refractivity contribution in [3.63, 3.8) is 0 Å². The number of nitrogens with one attached hydrogen (secondary N) is 1. The molecule has 0 saturated heterocycles. The van der Waals surface area contributed by atoms with Gasteiger partial charge in [0.15, 0.2) is 0 Å². The molecule has 3 aromatic carbocycles. The lowest BCUT2D eigenvalue weighted by Crippen LogP contribution is -2.11. The van der Waals surface area contributed by atoms with Crippen LogP contribution in [-0.2, 0) is 0 Å². The van der Waals surface area contributed by atoms with Crippen LogP contribution in [0.25, 0.3) is 11.1 Å². The Morgan fingerprint density at radius 1 is 0.419 bits per heavy atom. The lowest BCUT2D eigenvalue weighted by molar-refractivity contribution is 1.34. The third-order valence-corrected chi connectivity index (χ3v) is 7.60. The van der Waals surface area contributed by atoms with E-state index in [-0.39, 0.29) is 0 Å². The molecule has 0 atom stereocenters. The maximum atomic E-state index is 5.19. The SMILES string of the molecule is C1=CC2=NC1=CC1=NC(=C(c3ccccc3)C3=NC(=C(Nc4ccccc4)C4=NC(=C2c2ccccc2)C=C4)C=C3)C=C1. The van der Waals surface area contributed by atoms with Gasteiger partial charge in [-0.1, -0.05) is 78.9 Å². The second-order valence-corrected chi connectivity index (χ2v) is 10.4. The zero-order chi connectivity index (χ0) is 28.6. The van der Waals surface area contributed by atoms with Crippen molar-refractivity contribution < 1.29 is 0 Å².